The standard InChI is InChI=1S/C18H20FN5O2/c1-12-16-17(21-11-22-18(16)26-23-12)20-10-15(24-5-7-25-8-6-24)13-3-2-4-14(19)9-13/h2-4,9,11,15H,5-8,10H2,1H3,(H,20,21,22)/t15-/m1/s1. The lowest BCUT2D eigenvalue weighted by Gasteiger charge is -2.35. The average Bonchev–Trinajstić information content (AvgIpc) is 3.05. The van der Waals surface area contributed by atoms with Crippen molar-refractivity contribution in [3.05, 3.63) is 47.7 Å². The molecule has 7 nitrogen and oxygen atoms in total. The Morgan fingerprint density at radius 3 is 2.92 bits per heavy atom. The van der Waals surface area contributed by atoms with Crippen LogP contribution in [-0.4, -0.2) is 52.9 Å². The SMILES string of the molecule is Cc1noc2ncnc(NC[C@H](c3cccc(F)c3)N3CCOCC3)c12. The van der Waals surface area contributed by atoms with Crippen molar-refractivity contribution in [2.45, 2.75) is 13.0 Å². The van der Waals surface area contributed by atoms with Crippen molar-refractivity contribution < 1.29 is 13.7 Å². The topological polar surface area (TPSA) is 76.3 Å². The van der Waals surface area contributed by atoms with E-state index in [9.17, 15) is 4.39 Å². The number of aromatic nitrogens is 3. The first-order valence-corrected chi connectivity index (χ1v) is 8.60. The lowest BCUT2D eigenvalue weighted by molar-refractivity contribution is 0.0186. The van der Waals surface area contributed by atoms with Gasteiger partial charge >= 0.3 is 0 Å². The monoisotopic (exact) mass is 357 g/mol. The summed E-state index contributed by atoms with van der Waals surface area (Å²) in [7, 11) is 0. The molecule has 0 saturated carbocycles. The molecule has 0 radical (unpaired) electrons. The van der Waals surface area contributed by atoms with E-state index in [1.54, 1.807) is 12.1 Å². The molecular formula is C18H20FN5O2. The summed E-state index contributed by atoms with van der Waals surface area (Å²) in [5.41, 5.74) is 2.11. The van der Waals surface area contributed by atoms with Crippen LogP contribution in [0.3, 0.4) is 0 Å². The van der Waals surface area contributed by atoms with Gasteiger partial charge in [0.05, 0.1) is 24.9 Å². The van der Waals surface area contributed by atoms with Crippen LogP contribution < -0.4 is 5.32 Å². The summed E-state index contributed by atoms with van der Waals surface area (Å²) >= 11 is 0. The van der Waals surface area contributed by atoms with Crippen LogP contribution in [0.2, 0.25) is 0 Å². The highest BCUT2D eigenvalue weighted by molar-refractivity contribution is 5.87. The van der Waals surface area contributed by atoms with Crippen LogP contribution in [0, 0.1) is 12.7 Å². The average molecular weight is 357 g/mol. The summed E-state index contributed by atoms with van der Waals surface area (Å²) < 4.78 is 24.4. The van der Waals surface area contributed by atoms with Crippen LogP contribution in [0.5, 0.6) is 0 Å². The van der Waals surface area contributed by atoms with Crippen molar-refractivity contribution in [1.29, 1.82) is 0 Å². The lowest BCUT2D eigenvalue weighted by atomic mass is 10.0. The maximum absolute atomic E-state index is 13.8. The highest BCUT2D eigenvalue weighted by Crippen LogP contribution is 2.26. The number of fused-ring (bicyclic) bond motifs is 1. The fraction of sp³-hybridized carbons (Fsp3) is 0.389. The number of halogens is 1. The second-order valence-electron chi connectivity index (χ2n) is 6.27. The van der Waals surface area contributed by atoms with Gasteiger partial charge in [-0.1, -0.05) is 17.3 Å². The summed E-state index contributed by atoms with van der Waals surface area (Å²) in [5, 5.41) is 8.09. The zero-order chi connectivity index (χ0) is 17.9. The van der Waals surface area contributed by atoms with Gasteiger partial charge in [0.1, 0.15) is 23.3 Å². The van der Waals surface area contributed by atoms with Crippen LogP contribution in [0.1, 0.15) is 17.3 Å². The van der Waals surface area contributed by atoms with Gasteiger partial charge in [-0.25, -0.2) is 9.37 Å². The van der Waals surface area contributed by atoms with Gasteiger partial charge in [-0.15, -0.1) is 0 Å². The third-order valence-electron chi connectivity index (χ3n) is 4.63. The van der Waals surface area contributed by atoms with Gasteiger partial charge in [0.15, 0.2) is 0 Å². The fourth-order valence-corrected chi connectivity index (χ4v) is 3.31. The van der Waals surface area contributed by atoms with E-state index in [4.69, 9.17) is 9.26 Å². The fourth-order valence-electron chi connectivity index (χ4n) is 3.31. The van der Waals surface area contributed by atoms with Crippen molar-refractivity contribution in [3.8, 4) is 0 Å². The van der Waals surface area contributed by atoms with E-state index >= 15 is 0 Å². The molecule has 1 aliphatic heterocycles. The Morgan fingerprint density at radius 2 is 2.12 bits per heavy atom. The van der Waals surface area contributed by atoms with Gasteiger partial charge in [-0.2, -0.15) is 4.98 Å². The summed E-state index contributed by atoms with van der Waals surface area (Å²) in [6, 6.07) is 6.74. The normalized spacial score (nSPS) is 16.7. The Balaban J connectivity index is 1.61. The van der Waals surface area contributed by atoms with Crippen LogP contribution in [0.25, 0.3) is 11.1 Å². The number of benzene rings is 1. The van der Waals surface area contributed by atoms with E-state index in [1.165, 1.54) is 12.4 Å². The molecule has 0 amide bonds. The second-order valence-corrected chi connectivity index (χ2v) is 6.27. The summed E-state index contributed by atoms with van der Waals surface area (Å²) in [5.74, 6) is 0.434. The molecular weight excluding hydrogens is 337 g/mol. The van der Waals surface area contributed by atoms with Crippen molar-refractivity contribution in [2.75, 3.05) is 38.2 Å². The molecule has 1 atom stereocenters. The Hall–Kier alpha value is -2.58. The number of hydrogen-bond acceptors (Lipinski definition) is 7. The third-order valence-corrected chi connectivity index (χ3v) is 4.63. The number of ether oxygens (including phenoxy) is 1. The van der Waals surface area contributed by atoms with E-state index in [2.05, 4.69) is 25.3 Å². The number of hydrogen-bond donors (Lipinski definition) is 1. The molecule has 2 aromatic heterocycles. The molecule has 0 spiro atoms. The maximum atomic E-state index is 13.8. The molecule has 1 N–H and O–H groups in total. The highest BCUT2D eigenvalue weighted by Gasteiger charge is 2.23. The molecule has 8 heteroatoms. The van der Waals surface area contributed by atoms with E-state index in [-0.39, 0.29) is 11.9 Å². The molecule has 3 heterocycles. The molecule has 136 valence electrons. The van der Waals surface area contributed by atoms with Gasteiger partial charge in [-0.05, 0) is 24.6 Å². The Kier molecular flexibility index (Phi) is 4.77. The summed E-state index contributed by atoms with van der Waals surface area (Å²) in [4.78, 5) is 10.7. The summed E-state index contributed by atoms with van der Waals surface area (Å²) in [6.45, 7) is 5.37. The molecule has 1 fully saturated rings. The molecule has 3 aromatic rings. The molecule has 0 unspecified atom stereocenters. The lowest BCUT2D eigenvalue weighted by Crippen LogP contribution is -2.41. The molecule has 1 aliphatic rings. The first kappa shape index (κ1) is 16.9. The molecule has 0 bridgehead atoms. The van der Waals surface area contributed by atoms with E-state index < -0.39 is 0 Å². The first-order chi connectivity index (χ1) is 12.7. The number of morpholine rings is 1. The van der Waals surface area contributed by atoms with Gasteiger partial charge in [0, 0.05) is 19.6 Å². The minimum Gasteiger partial charge on any atom is -0.379 e. The number of anilines is 1. The third kappa shape index (κ3) is 3.38. The summed E-state index contributed by atoms with van der Waals surface area (Å²) in [6.07, 6.45) is 1.45. The minimum absolute atomic E-state index is 0.000202. The minimum atomic E-state index is -0.236. The molecule has 1 saturated heterocycles. The van der Waals surface area contributed by atoms with Gasteiger partial charge in [-0.3, -0.25) is 4.90 Å². The number of nitrogens with zero attached hydrogens (tertiary/aromatic N) is 4. The van der Waals surface area contributed by atoms with Gasteiger partial charge in [0.25, 0.3) is 5.71 Å². The number of nitrogens with one attached hydrogen (secondary N) is 1. The van der Waals surface area contributed by atoms with Crippen molar-refractivity contribution in [1.82, 2.24) is 20.0 Å². The smallest absolute Gasteiger partial charge is 0.263 e. The van der Waals surface area contributed by atoms with Crippen molar-refractivity contribution in [3.63, 3.8) is 0 Å². The van der Waals surface area contributed by atoms with Crippen LogP contribution in [-0.2, 0) is 4.74 Å². The van der Waals surface area contributed by atoms with E-state index in [0.29, 0.717) is 31.3 Å². The predicted molar refractivity (Wildman–Crippen MR) is 94.4 cm³/mol. The zero-order valence-electron chi connectivity index (χ0n) is 14.5. The first-order valence-electron chi connectivity index (χ1n) is 8.60. The molecule has 0 aliphatic carbocycles. The number of rotatable bonds is 5. The predicted octanol–water partition coefficient (Wildman–Crippen LogP) is 2.55. The molecule has 4 rings (SSSR count). The molecule has 1 aromatic carbocycles. The van der Waals surface area contributed by atoms with E-state index in [0.717, 1.165) is 29.7 Å². The Morgan fingerprint density at radius 1 is 1.27 bits per heavy atom. The zero-order valence-corrected chi connectivity index (χ0v) is 14.5. The molecule has 26 heavy (non-hydrogen) atoms. The van der Waals surface area contributed by atoms with E-state index in [1.807, 2.05) is 13.0 Å². The Bertz CT molecular complexity index is 894. The van der Waals surface area contributed by atoms with Gasteiger partial charge in [0.2, 0.25) is 0 Å². The largest absolute Gasteiger partial charge is 0.379 e. The highest BCUT2D eigenvalue weighted by atomic mass is 19.1. The van der Waals surface area contributed by atoms with Crippen LogP contribution >= 0.6 is 0 Å². The van der Waals surface area contributed by atoms with Crippen LogP contribution in [0.4, 0.5) is 10.2 Å². The van der Waals surface area contributed by atoms with Crippen molar-refractivity contribution in [2.24, 2.45) is 0 Å². The number of aryl methyl sites for hydroxylation is 1. The maximum Gasteiger partial charge on any atom is 0.263 e. The van der Waals surface area contributed by atoms with Crippen molar-refractivity contribution >= 4 is 16.9 Å². The Labute approximate surface area is 150 Å². The second kappa shape index (κ2) is 7.35. The van der Waals surface area contributed by atoms with Gasteiger partial charge < -0.3 is 14.6 Å². The van der Waals surface area contributed by atoms with Crippen LogP contribution in [0.15, 0.2) is 35.1 Å². The quantitative estimate of drug-likeness (QED) is 0.752.